The summed E-state index contributed by atoms with van der Waals surface area (Å²) >= 11 is 0. The Morgan fingerprint density at radius 2 is 2.18 bits per heavy atom. The van der Waals surface area contributed by atoms with Crippen molar-refractivity contribution in [3.05, 3.63) is 11.7 Å². The van der Waals surface area contributed by atoms with Crippen LogP contribution in [0.15, 0.2) is 11.7 Å². The number of ether oxygens (including phenoxy) is 1. The van der Waals surface area contributed by atoms with Gasteiger partial charge in [0.25, 0.3) is 0 Å². The molecule has 1 aliphatic rings. The third-order valence-electron chi connectivity index (χ3n) is 1.47. The van der Waals surface area contributed by atoms with Crippen LogP contribution in [-0.4, -0.2) is 12.1 Å². The minimum Gasteiger partial charge on any atom is -0.450 e. The fraction of sp³-hybridized carbons (Fsp3) is 0.571. The number of cyclic esters (lactones) is 1. The number of halogens is 2. The first-order chi connectivity index (χ1) is 5.16. The molecule has 0 saturated carbocycles. The molecule has 1 rings (SSSR count). The Morgan fingerprint density at radius 3 is 2.55 bits per heavy atom. The maximum atomic E-state index is 12.6. The molecule has 0 bridgehead atoms. The molecule has 1 heterocycles. The van der Waals surface area contributed by atoms with E-state index < -0.39 is 23.7 Å². The van der Waals surface area contributed by atoms with E-state index >= 15 is 0 Å². The monoisotopic (exact) mass is 162 g/mol. The van der Waals surface area contributed by atoms with Crippen molar-refractivity contribution < 1.29 is 18.3 Å². The van der Waals surface area contributed by atoms with Gasteiger partial charge in [-0.05, 0) is 6.42 Å². The minimum atomic E-state index is -1.37. The van der Waals surface area contributed by atoms with Crippen molar-refractivity contribution in [3.8, 4) is 0 Å². The van der Waals surface area contributed by atoms with E-state index in [0.29, 0.717) is 12.8 Å². The number of esters is 1. The van der Waals surface area contributed by atoms with Gasteiger partial charge in [-0.2, -0.15) is 4.39 Å². The molecule has 0 aromatic heterocycles. The second-order valence-corrected chi connectivity index (χ2v) is 2.34. The quantitative estimate of drug-likeness (QED) is 0.579. The fourth-order valence-corrected chi connectivity index (χ4v) is 0.919. The summed E-state index contributed by atoms with van der Waals surface area (Å²) in [4.78, 5) is 10.4. The molecule has 1 atom stereocenters. The third-order valence-corrected chi connectivity index (χ3v) is 1.47. The lowest BCUT2D eigenvalue weighted by Crippen LogP contribution is -2.09. The Morgan fingerprint density at radius 1 is 1.55 bits per heavy atom. The molecule has 0 amide bonds. The highest BCUT2D eigenvalue weighted by atomic mass is 19.2. The predicted octanol–water partition coefficient (Wildman–Crippen LogP) is 1.86. The van der Waals surface area contributed by atoms with Gasteiger partial charge in [0.15, 0.2) is 11.9 Å². The maximum absolute atomic E-state index is 12.6. The molecule has 0 radical (unpaired) electrons. The highest BCUT2D eigenvalue weighted by Crippen LogP contribution is 2.27. The van der Waals surface area contributed by atoms with E-state index in [4.69, 9.17) is 0 Å². The van der Waals surface area contributed by atoms with E-state index in [1.165, 1.54) is 0 Å². The smallest absolute Gasteiger partial charge is 0.370 e. The zero-order valence-electron chi connectivity index (χ0n) is 6.06. The van der Waals surface area contributed by atoms with Gasteiger partial charge in [-0.15, -0.1) is 0 Å². The summed E-state index contributed by atoms with van der Waals surface area (Å²) in [5.74, 6) is -3.61. The topological polar surface area (TPSA) is 26.3 Å². The van der Waals surface area contributed by atoms with Crippen LogP contribution in [0.4, 0.5) is 8.78 Å². The van der Waals surface area contributed by atoms with Crippen LogP contribution in [0.2, 0.25) is 0 Å². The number of rotatable bonds is 2. The van der Waals surface area contributed by atoms with Crippen LogP contribution in [-0.2, 0) is 9.53 Å². The zero-order chi connectivity index (χ0) is 8.43. The molecule has 0 spiro atoms. The lowest BCUT2D eigenvalue weighted by molar-refractivity contribution is -0.141. The summed E-state index contributed by atoms with van der Waals surface area (Å²) < 4.78 is 29.3. The van der Waals surface area contributed by atoms with E-state index in [1.54, 1.807) is 6.92 Å². The first-order valence-electron chi connectivity index (χ1n) is 3.43. The van der Waals surface area contributed by atoms with Gasteiger partial charge in [0.05, 0.1) is 0 Å². The Hall–Kier alpha value is -0.930. The molecule has 0 saturated heterocycles. The van der Waals surface area contributed by atoms with E-state index in [2.05, 4.69) is 4.74 Å². The lowest BCUT2D eigenvalue weighted by Gasteiger charge is -2.05. The van der Waals surface area contributed by atoms with E-state index in [0.717, 1.165) is 0 Å². The SMILES string of the molecule is CCC[C@@H]1OC(=O)C(F)=C1F. The summed E-state index contributed by atoms with van der Waals surface area (Å²) in [7, 11) is 0. The number of carbonyl (C=O) groups is 1. The van der Waals surface area contributed by atoms with Crippen LogP contribution in [0.5, 0.6) is 0 Å². The molecule has 62 valence electrons. The summed E-state index contributed by atoms with van der Waals surface area (Å²) in [6, 6.07) is 0. The van der Waals surface area contributed by atoms with Crippen LogP contribution in [0, 0.1) is 0 Å². The van der Waals surface area contributed by atoms with Gasteiger partial charge in [0.1, 0.15) is 0 Å². The molecule has 0 aliphatic carbocycles. The second kappa shape index (κ2) is 2.98. The van der Waals surface area contributed by atoms with Crippen molar-refractivity contribution in [2.75, 3.05) is 0 Å². The minimum absolute atomic E-state index is 0.338. The maximum Gasteiger partial charge on any atom is 0.370 e. The second-order valence-electron chi connectivity index (χ2n) is 2.34. The summed E-state index contributed by atoms with van der Waals surface area (Å²) in [5, 5.41) is 0. The van der Waals surface area contributed by atoms with Gasteiger partial charge in [-0.25, -0.2) is 9.18 Å². The molecule has 1 aliphatic heterocycles. The van der Waals surface area contributed by atoms with Crippen molar-refractivity contribution in [1.29, 1.82) is 0 Å². The molecule has 0 fully saturated rings. The van der Waals surface area contributed by atoms with Crippen molar-refractivity contribution in [2.24, 2.45) is 0 Å². The highest BCUT2D eigenvalue weighted by Gasteiger charge is 2.34. The molecule has 0 unspecified atom stereocenters. The van der Waals surface area contributed by atoms with Crippen molar-refractivity contribution >= 4 is 5.97 Å². The molecule has 2 nitrogen and oxygen atoms in total. The van der Waals surface area contributed by atoms with Crippen LogP contribution in [0.25, 0.3) is 0 Å². The fourth-order valence-electron chi connectivity index (χ4n) is 0.919. The Labute approximate surface area is 62.8 Å². The summed E-state index contributed by atoms with van der Waals surface area (Å²) in [6.45, 7) is 1.80. The average Bonchev–Trinajstić information content (AvgIpc) is 2.19. The molecule has 0 N–H and O–H groups in total. The number of hydrogen-bond donors (Lipinski definition) is 0. The van der Waals surface area contributed by atoms with Crippen LogP contribution >= 0.6 is 0 Å². The standard InChI is InChI=1S/C7H8F2O2/c1-2-3-4-5(8)6(9)7(10)11-4/h4H,2-3H2,1H3/t4-/m0/s1. The molecule has 0 aromatic rings. The van der Waals surface area contributed by atoms with Gasteiger partial charge >= 0.3 is 5.97 Å². The number of carbonyl (C=O) groups excluding carboxylic acids is 1. The largest absolute Gasteiger partial charge is 0.450 e. The van der Waals surface area contributed by atoms with Crippen LogP contribution < -0.4 is 0 Å². The molecule has 4 heteroatoms. The van der Waals surface area contributed by atoms with Gasteiger partial charge in [0, 0.05) is 0 Å². The number of hydrogen-bond acceptors (Lipinski definition) is 2. The van der Waals surface area contributed by atoms with Crippen LogP contribution in [0.3, 0.4) is 0 Å². The van der Waals surface area contributed by atoms with Gasteiger partial charge in [-0.1, -0.05) is 13.3 Å². The van der Waals surface area contributed by atoms with Crippen LogP contribution in [0.1, 0.15) is 19.8 Å². The predicted molar refractivity (Wildman–Crippen MR) is 34.0 cm³/mol. The normalized spacial score (nSPS) is 24.3. The summed E-state index contributed by atoms with van der Waals surface area (Å²) in [6.07, 6.45) is 0.0106. The molecule has 0 aromatic carbocycles. The first-order valence-corrected chi connectivity index (χ1v) is 3.43. The van der Waals surface area contributed by atoms with Gasteiger partial charge in [-0.3, -0.25) is 0 Å². The molecule has 11 heavy (non-hydrogen) atoms. The van der Waals surface area contributed by atoms with Gasteiger partial charge in [0.2, 0.25) is 5.83 Å². The van der Waals surface area contributed by atoms with Gasteiger partial charge < -0.3 is 4.74 Å². The third kappa shape index (κ3) is 1.39. The molecular weight excluding hydrogens is 154 g/mol. The lowest BCUT2D eigenvalue weighted by atomic mass is 10.2. The highest BCUT2D eigenvalue weighted by molar-refractivity contribution is 5.89. The Kier molecular flexibility index (Phi) is 2.22. The van der Waals surface area contributed by atoms with Crippen molar-refractivity contribution in [1.82, 2.24) is 0 Å². The van der Waals surface area contributed by atoms with Crippen molar-refractivity contribution in [2.45, 2.75) is 25.9 Å². The van der Waals surface area contributed by atoms with E-state index in [1.807, 2.05) is 0 Å². The summed E-state index contributed by atoms with van der Waals surface area (Å²) in [5.41, 5.74) is 0. The molecular formula is C7H8F2O2. The Bertz CT molecular complexity index is 210. The average molecular weight is 162 g/mol. The van der Waals surface area contributed by atoms with E-state index in [-0.39, 0.29) is 0 Å². The first kappa shape index (κ1) is 8.17. The Balaban J connectivity index is 2.69. The van der Waals surface area contributed by atoms with E-state index in [9.17, 15) is 13.6 Å². The zero-order valence-corrected chi connectivity index (χ0v) is 6.06. The van der Waals surface area contributed by atoms with Crippen molar-refractivity contribution in [3.63, 3.8) is 0 Å².